The molecule has 1 aromatic carbocycles. The van der Waals surface area contributed by atoms with Crippen molar-refractivity contribution in [1.29, 1.82) is 0 Å². The number of aliphatic hydroxyl groups excluding tert-OH is 2. The number of hydrogen-bond donors (Lipinski definition) is 3. The third-order valence-corrected chi connectivity index (χ3v) is 2.19. The summed E-state index contributed by atoms with van der Waals surface area (Å²) in [5.41, 5.74) is 5.24. The highest BCUT2D eigenvalue weighted by Crippen LogP contribution is 2.21. The van der Waals surface area contributed by atoms with E-state index in [0.29, 0.717) is 0 Å². The lowest BCUT2D eigenvalue weighted by Gasteiger charge is -2.16. The SMILES string of the molecule is CCOC(=O)C(O)C(O)c1ccc(N)c(F)c1. The highest BCUT2D eigenvalue weighted by Gasteiger charge is 2.27. The van der Waals surface area contributed by atoms with Crippen molar-refractivity contribution in [3.63, 3.8) is 0 Å². The number of carbonyl (C=O) groups excluding carboxylic acids is 1. The lowest BCUT2D eigenvalue weighted by Crippen LogP contribution is -2.30. The molecule has 2 atom stereocenters. The number of nitrogens with two attached hydrogens (primary N) is 1. The largest absolute Gasteiger partial charge is 0.464 e. The molecule has 0 bridgehead atoms. The first-order valence-electron chi connectivity index (χ1n) is 5.05. The van der Waals surface area contributed by atoms with Crippen molar-refractivity contribution in [1.82, 2.24) is 0 Å². The predicted molar refractivity (Wildman–Crippen MR) is 58.4 cm³/mol. The Labute approximate surface area is 97.6 Å². The lowest BCUT2D eigenvalue weighted by molar-refractivity contribution is -0.159. The van der Waals surface area contributed by atoms with Crippen molar-refractivity contribution in [2.24, 2.45) is 0 Å². The molecule has 0 aliphatic heterocycles. The van der Waals surface area contributed by atoms with Gasteiger partial charge in [-0.25, -0.2) is 9.18 Å². The first-order chi connectivity index (χ1) is 7.97. The van der Waals surface area contributed by atoms with Crippen LogP contribution in [0.4, 0.5) is 10.1 Å². The zero-order valence-electron chi connectivity index (χ0n) is 9.26. The molecule has 0 radical (unpaired) electrons. The van der Waals surface area contributed by atoms with Crippen LogP contribution in [0.1, 0.15) is 18.6 Å². The molecule has 0 amide bonds. The van der Waals surface area contributed by atoms with Gasteiger partial charge in [0.05, 0.1) is 12.3 Å². The summed E-state index contributed by atoms with van der Waals surface area (Å²) in [6.45, 7) is 1.65. The van der Waals surface area contributed by atoms with Crippen molar-refractivity contribution in [3.8, 4) is 0 Å². The number of esters is 1. The molecule has 2 unspecified atom stereocenters. The molecule has 0 aromatic heterocycles. The Balaban J connectivity index is 2.84. The normalized spacial score (nSPS) is 14.1. The molecule has 0 saturated carbocycles. The summed E-state index contributed by atoms with van der Waals surface area (Å²) in [6, 6.07) is 3.53. The molecule has 0 saturated heterocycles. The number of anilines is 1. The Morgan fingerprint density at radius 2 is 2.18 bits per heavy atom. The molecule has 4 N–H and O–H groups in total. The van der Waals surface area contributed by atoms with Crippen LogP contribution in [0.15, 0.2) is 18.2 Å². The van der Waals surface area contributed by atoms with Crippen molar-refractivity contribution < 1.29 is 24.1 Å². The van der Waals surface area contributed by atoms with Crippen LogP contribution in [-0.4, -0.2) is 28.9 Å². The Hall–Kier alpha value is -1.66. The van der Waals surface area contributed by atoms with E-state index in [-0.39, 0.29) is 17.9 Å². The fourth-order valence-electron chi connectivity index (χ4n) is 1.27. The highest BCUT2D eigenvalue weighted by molar-refractivity contribution is 5.75. The highest BCUT2D eigenvalue weighted by atomic mass is 19.1. The molecule has 0 aliphatic rings. The summed E-state index contributed by atoms with van der Waals surface area (Å²) in [5, 5.41) is 19.1. The minimum absolute atomic E-state index is 0.0530. The average molecular weight is 243 g/mol. The zero-order chi connectivity index (χ0) is 13.0. The predicted octanol–water partition coefficient (Wildman–Crippen LogP) is 0.365. The van der Waals surface area contributed by atoms with Gasteiger partial charge in [0.1, 0.15) is 11.9 Å². The Morgan fingerprint density at radius 1 is 1.53 bits per heavy atom. The Bertz CT molecular complexity index is 410. The van der Waals surface area contributed by atoms with E-state index in [1.54, 1.807) is 6.92 Å². The summed E-state index contributed by atoms with van der Waals surface area (Å²) < 4.78 is 17.7. The van der Waals surface area contributed by atoms with Gasteiger partial charge in [-0.3, -0.25) is 0 Å². The molecule has 17 heavy (non-hydrogen) atoms. The second kappa shape index (κ2) is 5.60. The molecule has 0 aliphatic carbocycles. The van der Waals surface area contributed by atoms with Crippen molar-refractivity contribution >= 4 is 11.7 Å². The first-order valence-corrected chi connectivity index (χ1v) is 5.05. The van der Waals surface area contributed by atoms with Crippen LogP contribution >= 0.6 is 0 Å². The number of nitrogen functional groups attached to an aromatic ring is 1. The number of carbonyl (C=O) groups is 1. The third kappa shape index (κ3) is 3.15. The first kappa shape index (κ1) is 13.4. The fraction of sp³-hybridized carbons (Fsp3) is 0.364. The number of halogens is 1. The molecule has 0 fully saturated rings. The number of aliphatic hydroxyl groups is 2. The zero-order valence-corrected chi connectivity index (χ0v) is 9.26. The molecule has 0 heterocycles. The summed E-state index contributed by atoms with van der Waals surface area (Å²) in [5.74, 6) is -1.69. The van der Waals surface area contributed by atoms with Crippen LogP contribution in [0, 0.1) is 5.82 Å². The summed E-state index contributed by atoms with van der Waals surface area (Å²) >= 11 is 0. The molecular formula is C11H14FNO4. The van der Waals surface area contributed by atoms with E-state index in [0.717, 1.165) is 6.07 Å². The Morgan fingerprint density at radius 3 is 2.71 bits per heavy atom. The van der Waals surface area contributed by atoms with E-state index in [4.69, 9.17) is 5.73 Å². The van der Waals surface area contributed by atoms with Crippen molar-refractivity contribution in [3.05, 3.63) is 29.6 Å². The summed E-state index contributed by atoms with van der Waals surface area (Å²) in [4.78, 5) is 11.2. The van der Waals surface area contributed by atoms with Gasteiger partial charge in [-0.15, -0.1) is 0 Å². The van der Waals surface area contributed by atoms with Gasteiger partial charge in [0.15, 0.2) is 6.10 Å². The molecule has 0 spiro atoms. The summed E-state index contributed by atoms with van der Waals surface area (Å²) in [6.07, 6.45) is -3.30. The fourth-order valence-corrected chi connectivity index (χ4v) is 1.27. The van der Waals surface area contributed by atoms with E-state index in [9.17, 15) is 19.4 Å². The van der Waals surface area contributed by atoms with E-state index in [1.165, 1.54) is 12.1 Å². The smallest absolute Gasteiger partial charge is 0.338 e. The van der Waals surface area contributed by atoms with E-state index >= 15 is 0 Å². The van der Waals surface area contributed by atoms with E-state index in [1.807, 2.05) is 0 Å². The second-order valence-corrected chi connectivity index (χ2v) is 3.42. The molecule has 6 heteroatoms. The molecule has 1 rings (SSSR count). The lowest BCUT2D eigenvalue weighted by atomic mass is 10.0. The van der Waals surface area contributed by atoms with Crippen LogP contribution in [0.25, 0.3) is 0 Å². The molecular weight excluding hydrogens is 229 g/mol. The van der Waals surface area contributed by atoms with Gasteiger partial charge < -0.3 is 20.7 Å². The molecule has 1 aromatic rings. The van der Waals surface area contributed by atoms with E-state index < -0.39 is 24.0 Å². The van der Waals surface area contributed by atoms with Crippen LogP contribution in [-0.2, 0) is 9.53 Å². The van der Waals surface area contributed by atoms with Gasteiger partial charge in [0, 0.05) is 0 Å². The molecule has 5 nitrogen and oxygen atoms in total. The average Bonchev–Trinajstić information content (AvgIpc) is 2.31. The second-order valence-electron chi connectivity index (χ2n) is 3.42. The van der Waals surface area contributed by atoms with Gasteiger partial charge in [-0.05, 0) is 24.6 Å². The van der Waals surface area contributed by atoms with Gasteiger partial charge in [0.2, 0.25) is 0 Å². The summed E-state index contributed by atoms with van der Waals surface area (Å²) in [7, 11) is 0. The van der Waals surface area contributed by atoms with Crippen LogP contribution in [0.3, 0.4) is 0 Å². The number of benzene rings is 1. The minimum Gasteiger partial charge on any atom is -0.464 e. The topological polar surface area (TPSA) is 92.8 Å². The quantitative estimate of drug-likeness (QED) is 0.524. The van der Waals surface area contributed by atoms with Gasteiger partial charge in [-0.2, -0.15) is 0 Å². The van der Waals surface area contributed by atoms with Crippen LogP contribution in [0.2, 0.25) is 0 Å². The van der Waals surface area contributed by atoms with Crippen LogP contribution < -0.4 is 5.73 Å². The van der Waals surface area contributed by atoms with Crippen molar-refractivity contribution in [2.75, 3.05) is 12.3 Å². The Kier molecular flexibility index (Phi) is 4.42. The van der Waals surface area contributed by atoms with Gasteiger partial charge in [-0.1, -0.05) is 6.07 Å². The van der Waals surface area contributed by atoms with Gasteiger partial charge >= 0.3 is 5.97 Å². The number of hydrogen-bond acceptors (Lipinski definition) is 5. The monoisotopic (exact) mass is 243 g/mol. The maximum Gasteiger partial charge on any atom is 0.338 e. The standard InChI is InChI=1S/C11H14FNO4/c1-2-17-11(16)10(15)9(14)6-3-4-8(13)7(12)5-6/h3-5,9-10,14-15H,2,13H2,1H3. The van der Waals surface area contributed by atoms with Crippen LogP contribution in [0.5, 0.6) is 0 Å². The van der Waals surface area contributed by atoms with E-state index in [2.05, 4.69) is 4.74 Å². The number of rotatable bonds is 4. The minimum atomic E-state index is -1.75. The molecule has 94 valence electrons. The van der Waals surface area contributed by atoms with Crippen molar-refractivity contribution in [2.45, 2.75) is 19.1 Å². The third-order valence-electron chi connectivity index (χ3n) is 2.19. The number of ether oxygens (including phenoxy) is 1. The maximum atomic E-state index is 13.1. The van der Waals surface area contributed by atoms with Gasteiger partial charge in [0.25, 0.3) is 0 Å². The maximum absolute atomic E-state index is 13.1.